The lowest BCUT2D eigenvalue weighted by Crippen LogP contribution is -2.44. The van der Waals surface area contributed by atoms with Crippen molar-refractivity contribution in [2.75, 3.05) is 6.54 Å². The van der Waals surface area contributed by atoms with Crippen LogP contribution in [-0.4, -0.2) is 12.6 Å². The molecule has 0 bridgehead atoms. The first kappa shape index (κ1) is 9.32. The lowest BCUT2D eigenvalue weighted by Gasteiger charge is -2.27. The van der Waals surface area contributed by atoms with Gasteiger partial charge in [0.2, 0.25) is 0 Å². The van der Waals surface area contributed by atoms with Gasteiger partial charge in [0.05, 0.1) is 0 Å². The van der Waals surface area contributed by atoms with Gasteiger partial charge in [0.1, 0.15) is 0 Å². The average molecular weight is 216 g/mol. The van der Waals surface area contributed by atoms with Crippen molar-refractivity contribution in [2.45, 2.75) is 18.9 Å². The van der Waals surface area contributed by atoms with Crippen LogP contribution in [0.15, 0.2) is 18.2 Å². The summed E-state index contributed by atoms with van der Waals surface area (Å²) in [5.41, 5.74) is 1.14. The zero-order chi connectivity index (χ0) is 9.26. The molecule has 70 valence electrons. The van der Waals surface area contributed by atoms with Crippen molar-refractivity contribution < 1.29 is 0 Å². The number of hydrogen-bond acceptors (Lipinski definition) is 1. The molecule has 0 spiro atoms. The lowest BCUT2D eigenvalue weighted by atomic mass is 9.98. The number of rotatable bonds is 2. The van der Waals surface area contributed by atoms with E-state index in [-0.39, 0.29) is 0 Å². The maximum atomic E-state index is 6.03. The summed E-state index contributed by atoms with van der Waals surface area (Å²) in [6.45, 7) is 1.13. The molecule has 1 atom stereocenters. The zero-order valence-corrected chi connectivity index (χ0v) is 8.70. The topological polar surface area (TPSA) is 12.0 Å². The SMILES string of the molecule is Clc1ccc(Cl)c(CC2CCN2)c1. The summed E-state index contributed by atoms with van der Waals surface area (Å²) in [7, 11) is 0. The molecule has 0 saturated carbocycles. The van der Waals surface area contributed by atoms with Gasteiger partial charge in [0.25, 0.3) is 0 Å². The molecule has 13 heavy (non-hydrogen) atoms. The first-order valence-electron chi connectivity index (χ1n) is 4.43. The lowest BCUT2D eigenvalue weighted by molar-refractivity contribution is 0.369. The van der Waals surface area contributed by atoms with Gasteiger partial charge in [-0.15, -0.1) is 0 Å². The maximum absolute atomic E-state index is 6.03. The van der Waals surface area contributed by atoms with Gasteiger partial charge in [-0.05, 0) is 43.1 Å². The molecular weight excluding hydrogens is 205 g/mol. The predicted octanol–water partition coefficient (Wildman–Crippen LogP) is 2.90. The van der Waals surface area contributed by atoms with Crippen LogP contribution in [0.5, 0.6) is 0 Å². The molecule has 1 unspecified atom stereocenters. The van der Waals surface area contributed by atoms with Crippen molar-refractivity contribution in [3.63, 3.8) is 0 Å². The fraction of sp³-hybridized carbons (Fsp3) is 0.400. The van der Waals surface area contributed by atoms with E-state index >= 15 is 0 Å². The Hall–Kier alpha value is -0.240. The summed E-state index contributed by atoms with van der Waals surface area (Å²) in [5, 5.41) is 4.92. The number of benzene rings is 1. The smallest absolute Gasteiger partial charge is 0.0439 e. The molecule has 1 heterocycles. The molecule has 1 aliphatic rings. The second-order valence-electron chi connectivity index (χ2n) is 3.38. The molecular formula is C10H11Cl2N. The Morgan fingerprint density at radius 1 is 1.38 bits per heavy atom. The molecule has 1 aliphatic heterocycles. The van der Waals surface area contributed by atoms with Crippen molar-refractivity contribution >= 4 is 23.2 Å². The Morgan fingerprint density at radius 3 is 2.77 bits per heavy atom. The van der Waals surface area contributed by atoms with E-state index in [0.717, 1.165) is 28.6 Å². The predicted molar refractivity (Wildman–Crippen MR) is 56.6 cm³/mol. The summed E-state index contributed by atoms with van der Waals surface area (Å²) < 4.78 is 0. The van der Waals surface area contributed by atoms with E-state index in [9.17, 15) is 0 Å². The van der Waals surface area contributed by atoms with Gasteiger partial charge in [-0.1, -0.05) is 23.2 Å². The van der Waals surface area contributed by atoms with Gasteiger partial charge in [0, 0.05) is 16.1 Å². The Morgan fingerprint density at radius 2 is 2.15 bits per heavy atom. The summed E-state index contributed by atoms with van der Waals surface area (Å²) in [6.07, 6.45) is 2.22. The fourth-order valence-corrected chi connectivity index (χ4v) is 1.88. The van der Waals surface area contributed by atoms with Crippen molar-refractivity contribution in [1.82, 2.24) is 5.32 Å². The molecule has 1 aromatic carbocycles. The van der Waals surface area contributed by atoms with E-state index in [2.05, 4.69) is 5.32 Å². The summed E-state index contributed by atoms with van der Waals surface area (Å²) in [4.78, 5) is 0. The van der Waals surface area contributed by atoms with Crippen LogP contribution in [0, 0.1) is 0 Å². The molecule has 0 radical (unpaired) electrons. The molecule has 0 amide bonds. The van der Waals surface area contributed by atoms with Crippen molar-refractivity contribution in [3.05, 3.63) is 33.8 Å². The van der Waals surface area contributed by atoms with E-state index in [1.165, 1.54) is 6.42 Å². The van der Waals surface area contributed by atoms with E-state index in [1.807, 2.05) is 18.2 Å². The van der Waals surface area contributed by atoms with Gasteiger partial charge in [-0.3, -0.25) is 0 Å². The zero-order valence-electron chi connectivity index (χ0n) is 7.19. The van der Waals surface area contributed by atoms with E-state index < -0.39 is 0 Å². The highest BCUT2D eigenvalue weighted by molar-refractivity contribution is 6.33. The first-order valence-corrected chi connectivity index (χ1v) is 5.18. The van der Waals surface area contributed by atoms with Crippen LogP contribution < -0.4 is 5.32 Å². The molecule has 1 aromatic rings. The third-order valence-electron chi connectivity index (χ3n) is 2.40. The van der Waals surface area contributed by atoms with Gasteiger partial charge >= 0.3 is 0 Å². The molecule has 2 rings (SSSR count). The molecule has 1 fully saturated rings. The second kappa shape index (κ2) is 3.87. The molecule has 0 aliphatic carbocycles. The van der Waals surface area contributed by atoms with Crippen molar-refractivity contribution in [2.24, 2.45) is 0 Å². The van der Waals surface area contributed by atoms with Crippen LogP contribution in [-0.2, 0) is 6.42 Å². The van der Waals surface area contributed by atoms with E-state index in [0.29, 0.717) is 6.04 Å². The first-order chi connectivity index (χ1) is 6.25. The van der Waals surface area contributed by atoms with Crippen molar-refractivity contribution in [3.8, 4) is 0 Å². The van der Waals surface area contributed by atoms with E-state index in [4.69, 9.17) is 23.2 Å². The minimum atomic E-state index is 0.593. The molecule has 1 nitrogen and oxygen atoms in total. The van der Waals surface area contributed by atoms with Crippen molar-refractivity contribution in [1.29, 1.82) is 0 Å². The number of nitrogens with one attached hydrogen (secondary N) is 1. The second-order valence-corrected chi connectivity index (χ2v) is 4.22. The van der Waals surface area contributed by atoms with E-state index in [1.54, 1.807) is 0 Å². The van der Waals surface area contributed by atoms with Crippen LogP contribution in [0.2, 0.25) is 10.0 Å². The number of hydrogen-bond donors (Lipinski definition) is 1. The van der Waals surface area contributed by atoms with Crippen LogP contribution in [0.3, 0.4) is 0 Å². The maximum Gasteiger partial charge on any atom is 0.0439 e. The molecule has 1 N–H and O–H groups in total. The Kier molecular flexibility index (Phi) is 2.77. The standard InChI is InChI=1S/C10H11Cl2N/c11-8-1-2-10(12)7(5-8)6-9-3-4-13-9/h1-2,5,9,13H,3-4,6H2. The Balaban J connectivity index is 2.13. The van der Waals surface area contributed by atoms with Crippen LogP contribution in [0.25, 0.3) is 0 Å². The molecule has 1 saturated heterocycles. The van der Waals surface area contributed by atoms with Gasteiger partial charge in [-0.2, -0.15) is 0 Å². The summed E-state index contributed by atoms with van der Waals surface area (Å²) >= 11 is 11.9. The minimum Gasteiger partial charge on any atom is -0.314 e. The Labute approximate surface area is 88.0 Å². The fourth-order valence-electron chi connectivity index (χ4n) is 1.49. The summed E-state index contributed by atoms with van der Waals surface area (Å²) in [5.74, 6) is 0. The molecule has 0 aromatic heterocycles. The van der Waals surface area contributed by atoms with Gasteiger partial charge < -0.3 is 5.32 Å². The average Bonchev–Trinajstić information content (AvgIpc) is 2.03. The van der Waals surface area contributed by atoms with Gasteiger partial charge in [-0.25, -0.2) is 0 Å². The Bertz CT molecular complexity index is 308. The van der Waals surface area contributed by atoms with Crippen LogP contribution >= 0.6 is 23.2 Å². The normalized spacial score (nSPS) is 21.2. The monoisotopic (exact) mass is 215 g/mol. The van der Waals surface area contributed by atoms with Gasteiger partial charge in [0.15, 0.2) is 0 Å². The highest BCUT2D eigenvalue weighted by atomic mass is 35.5. The summed E-state index contributed by atoms with van der Waals surface area (Å²) in [6, 6.07) is 6.22. The highest BCUT2D eigenvalue weighted by Crippen LogP contribution is 2.23. The van der Waals surface area contributed by atoms with Crippen LogP contribution in [0.1, 0.15) is 12.0 Å². The molecule has 3 heteroatoms. The third kappa shape index (κ3) is 2.16. The quantitative estimate of drug-likeness (QED) is 0.801. The number of halogens is 2. The highest BCUT2D eigenvalue weighted by Gasteiger charge is 2.17. The minimum absolute atomic E-state index is 0.593. The third-order valence-corrected chi connectivity index (χ3v) is 3.00. The van der Waals surface area contributed by atoms with Crippen LogP contribution in [0.4, 0.5) is 0 Å². The largest absolute Gasteiger partial charge is 0.314 e.